The number of nitro groups is 1. The van der Waals surface area contributed by atoms with Crippen LogP contribution in [0.5, 0.6) is 0 Å². The van der Waals surface area contributed by atoms with Gasteiger partial charge in [0, 0.05) is 29.0 Å². The van der Waals surface area contributed by atoms with Gasteiger partial charge in [-0.3, -0.25) is 10.1 Å². The lowest BCUT2D eigenvalue weighted by Gasteiger charge is -2.24. The Labute approximate surface area is 159 Å². The van der Waals surface area contributed by atoms with E-state index in [0.717, 1.165) is 0 Å². The molecule has 0 saturated carbocycles. The number of non-ortho nitro benzene ring substituents is 1. The minimum Gasteiger partial charge on any atom is -0.460 e. The molecule has 8 heteroatoms. The molecule has 0 bridgehead atoms. The van der Waals surface area contributed by atoms with Crippen LogP contribution in [0, 0.1) is 10.1 Å². The van der Waals surface area contributed by atoms with Crippen molar-refractivity contribution in [2.75, 3.05) is 31.2 Å². The third-order valence-electron chi connectivity index (χ3n) is 3.31. The molecule has 0 atom stereocenters. The van der Waals surface area contributed by atoms with Crippen molar-refractivity contribution in [1.82, 2.24) is 0 Å². The van der Waals surface area contributed by atoms with Crippen LogP contribution in [0.1, 0.15) is 21.3 Å². The number of carbonyl (C=O) groups is 2. The maximum absolute atomic E-state index is 11.5. The van der Waals surface area contributed by atoms with Crippen molar-refractivity contribution >= 4 is 23.3 Å². The van der Waals surface area contributed by atoms with Gasteiger partial charge in [-0.1, -0.05) is 20.6 Å². The quantitative estimate of drug-likeness (QED) is 0.267. The number of carbonyl (C=O) groups excluding carboxylic acids is 2. The van der Waals surface area contributed by atoms with E-state index in [-0.39, 0.29) is 26.3 Å². The van der Waals surface area contributed by atoms with Gasteiger partial charge < -0.3 is 14.4 Å². The van der Waals surface area contributed by atoms with Crippen LogP contribution in [0.4, 0.5) is 11.4 Å². The summed E-state index contributed by atoms with van der Waals surface area (Å²) in [5, 5.41) is 10.8. The van der Waals surface area contributed by atoms with Crippen molar-refractivity contribution in [1.29, 1.82) is 0 Å². The van der Waals surface area contributed by atoms with E-state index < -0.39 is 16.9 Å². The van der Waals surface area contributed by atoms with Gasteiger partial charge >= 0.3 is 11.9 Å². The molecule has 1 aromatic rings. The molecule has 0 saturated heterocycles. The van der Waals surface area contributed by atoms with E-state index in [2.05, 4.69) is 13.2 Å². The average Bonchev–Trinajstić information content (AvgIpc) is 2.59. The number of ether oxygens (including phenoxy) is 2. The first-order chi connectivity index (χ1) is 12.2. The average molecular weight is 378 g/mol. The summed E-state index contributed by atoms with van der Waals surface area (Å²) in [5.41, 5.74) is 1.23. The second-order valence-electron chi connectivity index (χ2n) is 5.59. The third kappa shape index (κ3) is 8.17. The fourth-order valence-electron chi connectivity index (χ4n) is 1.90. The lowest BCUT2D eigenvalue weighted by atomic mass is 10.2. The van der Waals surface area contributed by atoms with E-state index in [1.54, 1.807) is 30.9 Å². The number of rotatable bonds is 10. The highest BCUT2D eigenvalue weighted by Gasteiger charge is 2.12. The molecule has 0 aliphatic rings. The maximum atomic E-state index is 11.5. The van der Waals surface area contributed by atoms with E-state index >= 15 is 0 Å². The van der Waals surface area contributed by atoms with Crippen LogP contribution >= 0.6 is 0 Å². The molecule has 0 N–H and O–H groups in total. The Hall–Kier alpha value is -3.16. The predicted molar refractivity (Wildman–Crippen MR) is 104 cm³/mol. The van der Waals surface area contributed by atoms with Gasteiger partial charge in [0.1, 0.15) is 13.2 Å². The molecule has 1 aromatic carbocycles. The van der Waals surface area contributed by atoms with Gasteiger partial charge in [0.05, 0.1) is 18.0 Å². The monoisotopic (exact) mass is 378 g/mol. The number of benzene rings is 1. The second kappa shape index (κ2) is 11.5. The summed E-state index contributed by atoms with van der Waals surface area (Å²) < 4.78 is 10.1. The van der Waals surface area contributed by atoms with Crippen LogP contribution in [-0.2, 0) is 19.1 Å². The topological polar surface area (TPSA) is 99.0 Å². The van der Waals surface area contributed by atoms with E-state index in [1.165, 1.54) is 12.1 Å². The first-order valence-electron chi connectivity index (χ1n) is 7.87. The standard InChI is InChI=1S/C18H22N2O6.CH4/c1-13(2)17(21)25-11-9-19(10-12-26-18(22)14(3)4)15-5-7-16(8-6-15)20(23)24;/h5-8H,1,3,9-12H2,2,4H3;1H4. The number of hydrogen-bond acceptors (Lipinski definition) is 7. The summed E-state index contributed by atoms with van der Waals surface area (Å²) in [6.45, 7) is 10.9. The highest BCUT2D eigenvalue weighted by molar-refractivity contribution is 5.87. The molecular weight excluding hydrogens is 352 g/mol. The van der Waals surface area contributed by atoms with Gasteiger partial charge in [0.15, 0.2) is 0 Å². The van der Waals surface area contributed by atoms with Gasteiger partial charge in [-0.05, 0) is 26.0 Å². The van der Waals surface area contributed by atoms with E-state index in [4.69, 9.17) is 9.47 Å². The van der Waals surface area contributed by atoms with E-state index in [0.29, 0.717) is 29.9 Å². The van der Waals surface area contributed by atoms with Crippen molar-refractivity contribution in [3.05, 3.63) is 58.7 Å². The lowest BCUT2D eigenvalue weighted by molar-refractivity contribution is -0.384. The fraction of sp³-hybridized carbons (Fsp3) is 0.368. The Balaban J connectivity index is 0.00000676. The molecule has 0 fully saturated rings. The van der Waals surface area contributed by atoms with Gasteiger partial charge in [-0.2, -0.15) is 0 Å². The van der Waals surface area contributed by atoms with Crippen LogP contribution in [0.2, 0.25) is 0 Å². The predicted octanol–water partition coefficient (Wildman–Crippen LogP) is 3.28. The normalized spacial score (nSPS) is 9.56. The van der Waals surface area contributed by atoms with Gasteiger partial charge in [-0.25, -0.2) is 9.59 Å². The Kier molecular flexibility index (Phi) is 10.1. The molecule has 0 aromatic heterocycles. The fourth-order valence-corrected chi connectivity index (χ4v) is 1.90. The van der Waals surface area contributed by atoms with Gasteiger partial charge in [-0.15, -0.1) is 0 Å². The minimum atomic E-state index is -0.498. The highest BCUT2D eigenvalue weighted by Crippen LogP contribution is 2.19. The van der Waals surface area contributed by atoms with Crippen LogP contribution in [0.15, 0.2) is 48.6 Å². The van der Waals surface area contributed by atoms with Crippen molar-refractivity contribution < 1.29 is 24.0 Å². The second-order valence-corrected chi connectivity index (χ2v) is 5.59. The minimum absolute atomic E-state index is 0. The number of nitrogens with zero attached hydrogens (tertiary/aromatic N) is 2. The van der Waals surface area contributed by atoms with E-state index in [9.17, 15) is 19.7 Å². The SMILES string of the molecule is C.C=C(C)C(=O)OCCN(CCOC(=O)C(=C)C)c1ccc([N+](=O)[O-])cc1. The zero-order chi connectivity index (χ0) is 19.7. The zero-order valence-corrected chi connectivity index (χ0v) is 14.9. The Bertz CT molecular complexity index is 665. The number of esters is 2. The molecule has 0 aliphatic heterocycles. The zero-order valence-electron chi connectivity index (χ0n) is 14.9. The molecule has 27 heavy (non-hydrogen) atoms. The number of anilines is 1. The molecule has 0 amide bonds. The van der Waals surface area contributed by atoms with Crippen molar-refractivity contribution in [3.63, 3.8) is 0 Å². The van der Waals surface area contributed by atoms with Gasteiger partial charge in [0.2, 0.25) is 0 Å². The molecule has 8 nitrogen and oxygen atoms in total. The molecule has 0 heterocycles. The van der Waals surface area contributed by atoms with Crippen LogP contribution in [0.25, 0.3) is 0 Å². The molecule has 0 spiro atoms. The largest absolute Gasteiger partial charge is 0.460 e. The summed E-state index contributed by atoms with van der Waals surface area (Å²) in [5.74, 6) is -0.996. The summed E-state index contributed by atoms with van der Waals surface area (Å²) in [7, 11) is 0. The molecule has 148 valence electrons. The smallest absolute Gasteiger partial charge is 0.333 e. The van der Waals surface area contributed by atoms with Crippen LogP contribution in [0.3, 0.4) is 0 Å². The Morgan fingerprint density at radius 2 is 1.41 bits per heavy atom. The van der Waals surface area contributed by atoms with Crippen LogP contribution < -0.4 is 4.90 Å². The van der Waals surface area contributed by atoms with Crippen LogP contribution in [-0.4, -0.2) is 43.2 Å². The maximum Gasteiger partial charge on any atom is 0.333 e. The molecule has 0 unspecified atom stereocenters. The molecule has 1 rings (SSSR count). The van der Waals surface area contributed by atoms with Crippen molar-refractivity contribution in [3.8, 4) is 0 Å². The molecule has 0 aliphatic carbocycles. The molecule has 0 radical (unpaired) electrons. The lowest BCUT2D eigenvalue weighted by Crippen LogP contribution is -2.32. The van der Waals surface area contributed by atoms with Gasteiger partial charge in [0.25, 0.3) is 5.69 Å². The summed E-state index contributed by atoms with van der Waals surface area (Å²) >= 11 is 0. The third-order valence-corrected chi connectivity index (χ3v) is 3.31. The summed E-state index contributed by atoms with van der Waals surface area (Å²) in [6.07, 6.45) is 0. The van der Waals surface area contributed by atoms with Crippen molar-refractivity contribution in [2.24, 2.45) is 0 Å². The van der Waals surface area contributed by atoms with Crippen molar-refractivity contribution in [2.45, 2.75) is 21.3 Å². The summed E-state index contributed by atoms with van der Waals surface area (Å²) in [6, 6.07) is 5.92. The summed E-state index contributed by atoms with van der Waals surface area (Å²) in [4.78, 5) is 35.0. The number of nitro benzene ring substituents is 1. The van der Waals surface area contributed by atoms with E-state index in [1.807, 2.05) is 0 Å². The molecular formula is C19H26N2O6. The first-order valence-corrected chi connectivity index (χ1v) is 7.87. The first kappa shape index (κ1) is 23.8. The highest BCUT2D eigenvalue weighted by atomic mass is 16.6. The Morgan fingerprint density at radius 3 is 1.74 bits per heavy atom. The number of hydrogen-bond donors (Lipinski definition) is 0. The Morgan fingerprint density at radius 1 is 1.00 bits per heavy atom.